The maximum atomic E-state index is 10.8. The molecular weight excluding hydrogens is 242 g/mol. The highest BCUT2D eigenvalue weighted by Gasteiger charge is 2.46. The van der Waals surface area contributed by atoms with Crippen LogP contribution >= 0.6 is 0 Å². The fourth-order valence-electron chi connectivity index (χ4n) is 3.49. The predicted molar refractivity (Wildman–Crippen MR) is 70.6 cm³/mol. The first-order valence-corrected chi connectivity index (χ1v) is 7.10. The molecule has 2 heterocycles. The van der Waals surface area contributed by atoms with Crippen molar-refractivity contribution in [3.05, 3.63) is 24.3 Å². The van der Waals surface area contributed by atoms with Crippen LogP contribution in [0.4, 0.5) is 0 Å². The van der Waals surface area contributed by atoms with Crippen LogP contribution in [0.1, 0.15) is 37.5 Å². The SMILES string of the molecule is OC(c1cnccn1)C1(N2CCOCC2)CCCC1. The van der Waals surface area contributed by atoms with E-state index in [1.165, 1.54) is 12.8 Å². The summed E-state index contributed by atoms with van der Waals surface area (Å²) in [4.78, 5) is 10.8. The Labute approximate surface area is 113 Å². The third-order valence-corrected chi connectivity index (χ3v) is 4.48. The predicted octanol–water partition coefficient (Wildman–Crippen LogP) is 1.15. The lowest BCUT2D eigenvalue weighted by atomic mass is 9.86. The van der Waals surface area contributed by atoms with E-state index in [1.807, 2.05) is 0 Å². The Kier molecular flexibility index (Phi) is 3.77. The second-order valence-electron chi connectivity index (χ2n) is 5.44. The minimum Gasteiger partial charge on any atom is -0.385 e. The van der Waals surface area contributed by atoms with E-state index in [0.29, 0.717) is 5.69 Å². The van der Waals surface area contributed by atoms with Gasteiger partial charge in [0.15, 0.2) is 0 Å². The summed E-state index contributed by atoms with van der Waals surface area (Å²) in [6, 6.07) is 0. The van der Waals surface area contributed by atoms with Gasteiger partial charge in [-0.25, -0.2) is 0 Å². The van der Waals surface area contributed by atoms with Crippen LogP contribution in [0, 0.1) is 0 Å². The molecule has 5 heteroatoms. The van der Waals surface area contributed by atoms with Crippen molar-refractivity contribution in [1.29, 1.82) is 0 Å². The Balaban J connectivity index is 1.87. The first kappa shape index (κ1) is 13.0. The fraction of sp³-hybridized carbons (Fsp3) is 0.714. The molecule has 1 atom stereocenters. The van der Waals surface area contributed by atoms with Crippen molar-refractivity contribution in [1.82, 2.24) is 14.9 Å². The first-order valence-electron chi connectivity index (χ1n) is 7.10. The number of aromatic nitrogens is 2. The molecule has 1 N–H and O–H groups in total. The van der Waals surface area contributed by atoms with E-state index in [-0.39, 0.29) is 5.54 Å². The minimum absolute atomic E-state index is 0.167. The molecule has 0 aromatic carbocycles. The Morgan fingerprint density at radius 3 is 2.58 bits per heavy atom. The van der Waals surface area contributed by atoms with Gasteiger partial charge in [0.1, 0.15) is 6.10 Å². The summed E-state index contributed by atoms with van der Waals surface area (Å²) in [5.74, 6) is 0. The molecule has 0 bridgehead atoms. The normalized spacial score (nSPS) is 25.3. The van der Waals surface area contributed by atoms with Crippen LogP contribution in [0.25, 0.3) is 0 Å². The maximum absolute atomic E-state index is 10.8. The first-order chi connectivity index (χ1) is 9.33. The molecular formula is C14H21N3O2. The smallest absolute Gasteiger partial charge is 0.116 e. The molecule has 1 aromatic rings. The van der Waals surface area contributed by atoms with Gasteiger partial charge in [-0.2, -0.15) is 0 Å². The van der Waals surface area contributed by atoms with Gasteiger partial charge < -0.3 is 9.84 Å². The van der Waals surface area contributed by atoms with Crippen LogP contribution in [0.5, 0.6) is 0 Å². The average Bonchev–Trinajstić information content (AvgIpc) is 2.99. The Hall–Kier alpha value is -1.04. The van der Waals surface area contributed by atoms with Crippen molar-refractivity contribution in [2.45, 2.75) is 37.3 Å². The zero-order valence-corrected chi connectivity index (χ0v) is 11.2. The van der Waals surface area contributed by atoms with Gasteiger partial charge in [0.25, 0.3) is 0 Å². The summed E-state index contributed by atoms with van der Waals surface area (Å²) >= 11 is 0. The van der Waals surface area contributed by atoms with Crippen molar-refractivity contribution in [2.75, 3.05) is 26.3 Å². The molecule has 3 rings (SSSR count). The van der Waals surface area contributed by atoms with Gasteiger partial charge in [0, 0.05) is 25.5 Å². The molecule has 2 aliphatic rings. The molecule has 1 aliphatic heterocycles. The number of hydrogen-bond acceptors (Lipinski definition) is 5. The Morgan fingerprint density at radius 1 is 1.21 bits per heavy atom. The summed E-state index contributed by atoms with van der Waals surface area (Å²) in [5, 5.41) is 10.8. The molecule has 1 unspecified atom stereocenters. The number of hydrogen-bond donors (Lipinski definition) is 1. The number of ether oxygens (including phenoxy) is 1. The second kappa shape index (κ2) is 5.53. The highest BCUT2D eigenvalue weighted by atomic mass is 16.5. The van der Waals surface area contributed by atoms with E-state index < -0.39 is 6.10 Å². The van der Waals surface area contributed by atoms with Crippen LogP contribution < -0.4 is 0 Å². The molecule has 1 saturated carbocycles. The van der Waals surface area contributed by atoms with E-state index in [9.17, 15) is 5.11 Å². The number of aliphatic hydroxyl groups excluding tert-OH is 1. The molecule has 0 radical (unpaired) electrons. The molecule has 19 heavy (non-hydrogen) atoms. The number of rotatable bonds is 3. The van der Waals surface area contributed by atoms with E-state index in [4.69, 9.17) is 4.74 Å². The second-order valence-corrected chi connectivity index (χ2v) is 5.44. The Morgan fingerprint density at radius 2 is 1.95 bits per heavy atom. The molecule has 2 fully saturated rings. The molecule has 1 aromatic heterocycles. The van der Waals surface area contributed by atoms with E-state index in [0.717, 1.165) is 39.1 Å². The van der Waals surface area contributed by atoms with E-state index in [1.54, 1.807) is 18.6 Å². The van der Waals surface area contributed by atoms with Crippen LogP contribution in [-0.2, 0) is 4.74 Å². The molecule has 0 amide bonds. The van der Waals surface area contributed by atoms with Crippen molar-refractivity contribution in [3.8, 4) is 0 Å². The van der Waals surface area contributed by atoms with Crippen LogP contribution in [-0.4, -0.2) is 51.8 Å². The largest absolute Gasteiger partial charge is 0.385 e. The minimum atomic E-state index is -0.554. The third-order valence-electron chi connectivity index (χ3n) is 4.48. The summed E-state index contributed by atoms with van der Waals surface area (Å²) < 4.78 is 5.44. The van der Waals surface area contributed by atoms with Gasteiger partial charge in [0.05, 0.1) is 30.6 Å². The lowest BCUT2D eigenvalue weighted by Gasteiger charge is -2.46. The molecule has 1 aliphatic carbocycles. The maximum Gasteiger partial charge on any atom is 0.116 e. The van der Waals surface area contributed by atoms with Gasteiger partial charge in [-0.05, 0) is 12.8 Å². The quantitative estimate of drug-likeness (QED) is 0.886. The van der Waals surface area contributed by atoms with Gasteiger partial charge in [-0.3, -0.25) is 14.9 Å². The molecule has 104 valence electrons. The third kappa shape index (κ3) is 2.38. The van der Waals surface area contributed by atoms with Crippen LogP contribution in [0.15, 0.2) is 18.6 Å². The highest BCUT2D eigenvalue weighted by Crippen LogP contribution is 2.44. The lowest BCUT2D eigenvalue weighted by molar-refractivity contribution is -0.0787. The van der Waals surface area contributed by atoms with Crippen molar-refractivity contribution in [3.63, 3.8) is 0 Å². The van der Waals surface area contributed by atoms with E-state index in [2.05, 4.69) is 14.9 Å². The summed E-state index contributed by atoms with van der Waals surface area (Å²) in [6.07, 6.45) is 8.85. The number of aliphatic hydroxyl groups is 1. The Bertz CT molecular complexity index is 400. The summed E-state index contributed by atoms with van der Waals surface area (Å²) in [5.41, 5.74) is 0.524. The molecule has 1 saturated heterocycles. The molecule has 0 spiro atoms. The standard InChI is InChI=1S/C14H21N3O2/c18-13(12-11-15-5-6-16-12)14(3-1-2-4-14)17-7-9-19-10-8-17/h5-6,11,13,18H,1-4,7-10H2. The van der Waals surface area contributed by atoms with E-state index >= 15 is 0 Å². The zero-order valence-electron chi connectivity index (χ0n) is 11.2. The lowest BCUT2D eigenvalue weighted by Crippen LogP contribution is -2.55. The fourth-order valence-corrected chi connectivity index (χ4v) is 3.49. The average molecular weight is 263 g/mol. The monoisotopic (exact) mass is 263 g/mol. The van der Waals surface area contributed by atoms with Crippen molar-refractivity contribution in [2.24, 2.45) is 0 Å². The van der Waals surface area contributed by atoms with Crippen LogP contribution in [0.3, 0.4) is 0 Å². The number of nitrogens with zero attached hydrogens (tertiary/aromatic N) is 3. The van der Waals surface area contributed by atoms with Crippen molar-refractivity contribution < 1.29 is 9.84 Å². The van der Waals surface area contributed by atoms with Gasteiger partial charge >= 0.3 is 0 Å². The van der Waals surface area contributed by atoms with Crippen LogP contribution in [0.2, 0.25) is 0 Å². The zero-order chi connectivity index (χ0) is 13.1. The van der Waals surface area contributed by atoms with Gasteiger partial charge in [-0.1, -0.05) is 12.8 Å². The summed E-state index contributed by atoms with van der Waals surface area (Å²) in [7, 11) is 0. The highest BCUT2D eigenvalue weighted by molar-refractivity contribution is 5.12. The van der Waals surface area contributed by atoms with Gasteiger partial charge in [0.2, 0.25) is 0 Å². The number of morpholine rings is 1. The summed E-state index contributed by atoms with van der Waals surface area (Å²) in [6.45, 7) is 3.32. The topological polar surface area (TPSA) is 58.5 Å². The van der Waals surface area contributed by atoms with Crippen molar-refractivity contribution >= 4 is 0 Å². The van der Waals surface area contributed by atoms with Gasteiger partial charge in [-0.15, -0.1) is 0 Å². The molecule has 5 nitrogen and oxygen atoms in total.